The summed E-state index contributed by atoms with van der Waals surface area (Å²) in [6, 6.07) is 4.85. The molecule has 0 bridgehead atoms. The fraction of sp³-hybridized carbons (Fsp3) is 0.500. The van der Waals surface area contributed by atoms with Crippen molar-refractivity contribution < 1.29 is 9.18 Å². The van der Waals surface area contributed by atoms with Crippen LogP contribution in [0.4, 0.5) is 4.39 Å². The van der Waals surface area contributed by atoms with Crippen LogP contribution >= 0.6 is 15.9 Å². The second-order valence-corrected chi connectivity index (χ2v) is 5.60. The SMILES string of the molecule is CCC1CCN(C(=O)c2cccc(Br)c2F)CC1. The van der Waals surface area contributed by atoms with E-state index >= 15 is 0 Å². The molecule has 1 aliphatic heterocycles. The number of halogens is 2. The van der Waals surface area contributed by atoms with Gasteiger partial charge in [-0.15, -0.1) is 0 Å². The van der Waals surface area contributed by atoms with Crippen molar-refractivity contribution in [2.45, 2.75) is 26.2 Å². The smallest absolute Gasteiger partial charge is 0.256 e. The number of likely N-dealkylation sites (tertiary alicyclic amines) is 1. The Bertz CT molecular complexity index is 441. The van der Waals surface area contributed by atoms with Gasteiger partial charge >= 0.3 is 0 Å². The molecule has 0 aliphatic carbocycles. The van der Waals surface area contributed by atoms with Gasteiger partial charge in [0.1, 0.15) is 5.82 Å². The predicted molar refractivity (Wildman–Crippen MR) is 73.0 cm³/mol. The molecular weight excluding hydrogens is 297 g/mol. The molecule has 1 aromatic carbocycles. The second-order valence-electron chi connectivity index (χ2n) is 4.75. The van der Waals surface area contributed by atoms with Crippen LogP contribution in [0.5, 0.6) is 0 Å². The van der Waals surface area contributed by atoms with Gasteiger partial charge in [0, 0.05) is 13.1 Å². The van der Waals surface area contributed by atoms with Crippen LogP contribution in [0, 0.1) is 11.7 Å². The Kier molecular flexibility index (Phi) is 4.38. The minimum absolute atomic E-state index is 0.166. The van der Waals surface area contributed by atoms with Crippen LogP contribution in [0.1, 0.15) is 36.5 Å². The van der Waals surface area contributed by atoms with Gasteiger partial charge in [0.25, 0.3) is 5.91 Å². The molecule has 18 heavy (non-hydrogen) atoms. The van der Waals surface area contributed by atoms with Crippen molar-refractivity contribution >= 4 is 21.8 Å². The number of benzene rings is 1. The monoisotopic (exact) mass is 313 g/mol. The molecule has 0 saturated carbocycles. The Labute approximate surface area is 115 Å². The molecule has 1 amide bonds. The van der Waals surface area contributed by atoms with E-state index in [4.69, 9.17) is 0 Å². The fourth-order valence-electron chi connectivity index (χ4n) is 2.38. The van der Waals surface area contributed by atoms with Gasteiger partial charge in [-0.2, -0.15) is 0 Å². The first-order valence-corrected chi connectivity index (χ1v) is 7.16. The molecule has 1 saturated heterocycles. The summed E-state index contributed by atoms with van der Waals surface area (Å²) in [5.41, 5.74) is 0.166. The van der Waals surface area contributed by atoms with Crippen molar-refractivity contribution in [1.29, 1.82) is 0 Å². The number of amides is 1. The number of piperidine rings is 1. The van der Waals surface area contributed by atoms with Crippen LogP contribution < -0.4 is 0 Å². The lowest BCUT2D eigenvalue weighted by atomic mass is 9.94. The average Bonchev–Trinajstić information content (AvgIpc) is 2.41. The number of rotatable bonds is 2. The molecule has 0 unspecified atom stereocenters. The molecule has 2 rings (SSSR count). The Morgan fingerprint density at radius 3 is 2.72 bits per heavy atom. The maximum absolute atomic E-state index is 13.9. The van der Waals surface area contributed by atoms with Gasteiger partial charge in [0.05, 0.1) is 10.0 Å². The molecule has 1 heterocycles. The summed E-state index contributed by atoms with van der Waals surface area (Å²) in [4.78, 5) is 14.0. The normalized spacial score (nSPS) is 16.9. The van der Waals surface area contributed by atoms with Crippen LogP contribution in [0.25, 0.3) is 0 Å². The van der Waals surface area contributed by atoms with Crippen molar-refractivity contribution in [2.24, 2.45) is 5.92 Å². The molecule has 1 aliphatic rings. The van der Waals surface area contributed by atoms with Gasteiger partial charge in [-0.1, -0.05) is 19.4 Å². The first kappa shape index (κ1) is 13.5. The average molecular weight is 314 g/mol. The third-order valence-electron chi connectivity index (χ3n) is 3.66. The fourth-order valence-corrected chi connectivity index (χ4v) is 2.75. The van der Waals surface area contributed by atoms with Crippen LogP contribution in [-0.4, -0.2) is 23.9 Å². The standard InChI is InChI=1S/C14H17BrFNO/c1-2-10-6-8-17(9-7-10)14(18)11-4-3-5-12(15)13(11)16/h3-5,10H,2,6-9H2,1H3. The van der Waals surface area contributed by atoms with Gasteiger partial charge in [-0.05, 0) is 46.8 Å². The molecule has 1 fully saturated rings. The predicted octanol–water partition coefficient (Wildman–Crippen LogP) is 3.85. The summed E-state index contributed by atoms with van der Waals surface area (Å²) >= 11 is 3.11. The number of hydrogen-bond acceptors (Lipinski definition) is 1. The summed E-state index contributed by atoms with van der Waals surface area (Å²) in [7, 11) is 0. The largest absolute Gasteiger partial charge is 0.339 e. The highest BCUT2D eigenvalue weighted by Crippen LogP contribution is 2.24. The van der Waals surface area contributed by atoms with E-state index < -0.39 is 5.82 Å². The van der Waals surface area contributed by atoms with Gasteiger partial charge in [0.2, 0.25) is 0 Å². The topological polar surface area (TPSA) is 20.3 Å². The first-order chi connectivity index (χ1) is 8.63. The Morgan fingerprint density at radius 1 is 1.44 bits per heavy atom. The van der Waals surface area contributed by atoms with Crippen LogP contribution in [0.2, 0.25) is 0 Å². The highest BCUT2D eigenvalue weighted by molar-refractivity contribution is 9.10. The Morgan fingerprint density at radius 2 is 2.11 bits per heavy atom. The van der Waals surface area contributed by atoms with E-state index in [9.17, 15) is 9.18 Å². The summed E-state index contributed by atoms with van der Waals surface area (Å²) in [6.45, 7) is 3.66. The molecule has 0 radical (unpaired) electrons. The summed E-state index contributed by atoms with van der Waals surface area (Å²) in [6.07, 6.45) is 3.21. The van der Waals surface area contributed by atoms with Gasteiger partial charge < -0.3 is 4.90 Å². The number of carbonyl (C=O) groups is 1. The lowest BCUT2D eigenvalue weighted by molar-refractivity contribution is 0.0684. The molecule has 98 valence electrons. The lowest BCUT2D eigenvalue weighted by Gasteiger charge is -2.31. The van der Waals surface area contributed by atoms with Crippen LogP contribution in [0.3, 0.4) is 0 Å². The molecule has 4 heteroatoms. The van der Waals surface area contributed by atoms with Crippen molar-refractivity contribution in [3.8, 4) is 0 Å². The van der Waals surface area contributed by atoms with Gasteiger partial charge in [-0.25, -0.2) is 4.39 Å². The molecule has 1 aromatic rings. The van der Waals surface area contributed by atoms with Crippen molar-refractivity contribution in [2.75, 3.05) is 13.1 Å². The third-order valence-corrected chi connectivity index (χ3v) is 4.27. The van der Waals surface area contributed by atoms with E-state index in [0.717, 1.165) is 32.4 Å². The van der Waals surface area contributed by atoms with Crippen molar-refractivity contribution in [3.63, 3.8) is 0 Å². The minimum atomic E-state index is -0.458. The maximum Gasteiger partial charge on any atom is 0.256 e. The van der Waals surface area contributed by atoms with Crippen molar-refractivity contribution in [3.05, 3.63) is 34.1 Å². The van der Waals surface area contributed by atoms with Gasteiger partial charge in [0.15, 0.2) is 0 Å². The number of nitrogens with zero attached hydrogens (tertiary/aromatic N) is 1. The molecule has 0 aromatic heterocycles. The quantitative estimate of drug-likeness (QED) is 0.812. The number of hydrogen-bond donors (Lipinski definition) is 0. The molecule has 0 atom stereocenters. The zero-order chi connectivity index (χ0) is 13.1. The zero-order valence-electron chi connectivity index (χ0n) is 10.5. The van der Waals surface area contributed by atoms with Crippen LogP contribution in [-0.2, 0) is 0 Å². The highest BCUT2D eigenvalue weighted by atomic mass is 79.9. The molecule has 0 N–H and O–H groups in total. The van der Waals surface area contributed by atoms with E-state index in [1.54, 1.807) is 23.1 Å². The van der Waals surface area contributed by atoms with E-state index in [-0.39, 0.29) is 11.5 Å². The minimum Gasteiger partial charge on any atom is -0.339 e. The van der Waals surface area contributed by atoms with Crippen molar-refractivity contribution in [1.82, 2.24) is 4.90 Å². The molecule has 0 spiro atoms. The summed E-state index contributed by atoms with van der Waals surface area (Å²) in [5.74, 6) is 0.0601. The first-order valence-electron chi connectivity index (χ1n) is 6.36. The third kappa shape index (κ3) is 2.74. The highest BCUT2D eigenvalue weighted by Gasteiger charge is 2.24. The summed E-state index contributed by atoms with van der Waals surface area (Å²) in [5, 5.41) is 0. The Hall–Kier alpha value is -0.900. The van der Waals surface area contributed by atoms with Gasteiger partial charge in [-0.3, -0.25) is 4.79 Å². The summed E-state index contributed by atoms with van der Waals surface area (Å²) < 4.78 is 14.2. The molecule has 2 nitrogen and oxygen atoms in total. The second kappa shape index (κ2) is 5.83. The van der Waals surface area contributed by atoms with E-state index in [0.29, 0.717) is 10.4 Å². The lowest BCUT2D eigenvalue weighted by Crippen LogP contribution is -2.38. The molecular formula is C14H17BrFNO. The van der Waals surface area contributed by atoms with E-state index in [1.165, 1.54) is 0 Å². The zero-order valence-corrected chi connectivity index (χ0v) is 12.0. The van der Waals surface area contributed by atoms with E-state index in [1.807, 2.05) is 0 Å². The van der Waals surface area contributed by atoms with Crippen LogP contribution in [0.15, 0.2) is 22.7 Å². The Balaban J connectivity index is 2.10. The van der Waals surface area contributed by atoms with E-state index in [2.05, 4.69) is 22.9 Å². The number of carbonyl (C=O) groups excluding carboxylic acids is 1. The maximum atomic E-state index is 13.9.